The Morgan fingerprint density at radius 3 is 2.67 bits per heavy atom. The molecular formula is C22H23FN2O2. The van der Waals surface area contributed by atoms with Crippen LogP contribution in [0, 0.1) is 11.7 Å². The van der Waals surface area contributed by atoms with Crippen LogP contribution in [0.4, 0.5) is 10.1 Å². The summed E-state index contributed by atoms with van der Waals surface area (Å²) in [6.45, 7) is 2.90. The lowest BCUT2D eigenvalue weighted by Crippen LogP contribution is -2.41. The molecule has 140 valence electrons. The molecule has 1 saturated heterocycles. The highest BCUT2D eigenvalue weighted by Gasteiger charge is 2.40. The minimum Gasteiger partial charge on any atom is -0.342 e. The van der Waals surface area contributed by atoms with Crippen molar-refractivity contribution in [3.05, 3.63) is 65.5 Å². The van der Waals surface area contributed by atoms with E-state index in [1.54, 1.807) is 23.1 Å². The van der Waals surface area contributed by atoms with Gasteiger partial charge in [-0.05, 0) is 43.0 Å². The van der Waals surface area contributed by atoms with E-state index < -0.39 is 0 Å². The first kappa shape index (κ1) is 17.7. The largest absolute Gasteiger partial charge is 0.342 e. The van der Waals surface area contributed by atoms with Gasteiger partial charge in [0.15, 0.2) is 0 Å². The van der Waals surface area contributed by atoms with Gasteiger partial charge in [0, 0.05) is 31.2 Å². The molecule has 0 spiro atoms. The zero-order chi connectivity index (χ0) is 19.0. The van der Waals surface area contributed by atoms with Gasteiger partial charge in [-0.3, -0.25) is 9.59 Å². The number of likely N-dealkylation sites (tertiary alicyclic amines) is 1. The van der Waals surface area contributed by atoms with E-state index in [0.29, 0.717) is 25.1 Å². The smallest absolute Gasteiger partial charge is 0.232 e. The number of carbonyl (C=O) groups excluding carboxylic acids is 2. The number of hydrogen-bond acceptors (Lipinski definition) is 2. The number of amides is 2. The molecule has 0 aromatic heterocycles. The van der Waals surface area contributed by atoms with E-state index in [9.17, 15) is 14.0 Å². The van der Waals surface area contributed by atoms with Crippen LogP contribution in [0.15, 0.2) is 48.5 Å². The summed E-state index contributed by atoms with van der Waals surface area (Å²) in [4.78, 5) is 29.1. The Morgan fingerprint density at radius 1 is 1.11 bits per heavy atom. The number of fused-ring (bicyclic) bond motifs is 1. The van der Waals surface area contributed by atoms with E-state index in [4.69, 9.17) is 0 Å². The molecule has 2 aliphatic rings. The quantitative estimate of drug-likeness (QED) is 0.834. The summed E-state index contributed by atoms with van der Waals surface area (Å²) in [6, 6.07) is 14.7. The van der Waals surface area contributed by atoms with Crippen LogP contribution in [-0.4, -0.2) is 35.8 Å². The molecule has 27 heavy (non-hydrogen) atoms. The Bertz CT molecular complexity index is 882. The van der Waals surface area contributed by atoms with E-state index >= 15 is 0 Å². The third kappa shape index (κ3) is 3.34. The molecule has 2 unspecified atom stereocenters. The van der Waals surface area contributed by atoms with Crippen molar-refractivity contribution < 1.29 is 14.0 Å². The van der Waals surface area contributed by atoms with E-state index in [-0.39, 0.29) is 36.0 Å². The maximum absolute atomic E-state index is 13.8. The van der Waals surface area contributed by atoms with Gasteiger partial charge < -0.3 is 9.80 Å². The molecule has 2 aliphatic heterocycles. The number of anilines is 1. The van der Waals surface area contributed by atoms with Gasteiger partial charge in [0.1, 0.15) is 5.82 Å². The maximum Gasteiger partial charge on any atom is 0.232 e. The van der Waals surface area contributed by atoms with E-state index in [1.165, 1.54) is 11.6 Å². The predicted octanol–water partition coefficient (Wildman–Crippen LogP) is 3.19. The molecule has 2 aromatic rings. The van der Waals surface area contributed by atoms with Crippen LogP contribution in [0.2, 0.25) is 0 Å². The van der Waals surface area contributed by atoms with Gasteiger partial charge in [-0.1, -0.05) is 36.4 Å². The zero-order valence-corrected chi connectivity index (χ0v) is 15.4. The number of nitrogens with zero attached hydrogens (tertiary/aromatic N) is 2. The fourth-order valence-corrected chi connectivity index (χ4v) is 4.21. The molecule has 0 bridgehead atoms. The molecule has 4 rings (SSSR count). The van der Waals surface area contributed by atoms with Gasteiger partial charge in [0.2, 0.25) is 11.8 Å². The van der Waals surface area contributed by atoms with E-state index in [2.05, 4.69) is 6.07 Å². The zero-order valence-electron chi connectivity index (χ0n) is 15.4. The Kier molecular flexibility index (Phi) is 4.68. The second-order valence-corrected chi connectivity index (χ2v) is 7.47. The summed E-state index contributed by atoms with van der Waals surface area (Å²) in [6.07, 6.45) is 1.54. The summed E-state index contributed by atoms with van der Waals surface area (Å²) >= 11 is 0. The third-order valence-electron chi connectivity index (χ3n) is 5.62. The van der Waals surface area contributed by atoms with Crippen LogP contribution in [0.25, 0.3) is 0 Å². The minimum absolute atomic E-state index is 0.0224. The third-order valence-corrected chi connectivity index (χ3v) is 5.62. The van der Waals surface area contributed by atoms with Gasteiger partial charge in [0.05, 0.1) is 5.92 Å². The van der Waals surface area contributed by atoms with Gasteiger partial charge in [-0.25, -0.2) is 4.39 Å². The van der Waals surface area contributed by atoms with Crippen LogP contribution < -0.4 is 4.90 Å². The van der Waals surface area contributed by atoms with Gasteiger partial charge in [-0.15, -0.1) is 0 Å². The van der Waals surface area contributed by atoms with Crippen molar-refractivity contribution in [3.8, 4) is 0 Å². The predicted molar refractivity (Wildman–Crippen MR) is 102 cm³/mol. The molecule has 0 radical (unpaired) electrons. The normalized spacial score (nSPS) is 21.6. The molecule has 4 nitrogen and oxygen atoms in total. The second-order valence-electron chi connectivity index (χ2n) is 7.47. The average molecular weight is 366 g/mol. The summed E-state index contributed by atoms with van der Waals surface area (Å²) in [5.41, 5.74) is 2.74. The Hall–Kier alpha value is -2.69. The first-order valence-corrected chi connectivity index (χ1v) is 9.46. The van der Waals surface area contributed by atoms with Crippen molar-refractivity contribution in [2.24, 2.45) is 5.92 Å². The van der Waals surface area contributed by atoms with Crippen molar-refractivity contribution in [2.75, 3.05) is 18.0 Å². The van der Waals surface area contributed by atoms with E-state index in [0.717, 1.165) is 12.1 Å². The fraction of sp³-hybridized carbons (Fsp3) is 0.364. The van der Waals surface area contributed by atoms with Crippen molar-refractivity contribution in [1.82, 2.24) is 4.90 Å². The lowest BCUT2D eigenvalue weighted by Gasteiger charge is -2.26. The Balaban J connectivity index is 1.43. The number of benzene rings is 2. The minimum atomic E-state index is -0.327. The number of halogens is 1. The fourth-order valence-electron chi connectivity index (χ4n) is 4.21. The highest BCUT2D eigenvalue weighted by Crippen LogP contribution is 2.34. The standard InChI is InChI=1S/C22H23FN2O2/c1-15-12-17-7-3-5-9-20(17)25(15)22(27)18-13-21(26)24(14-18)11-10-16-6-2-4-8-19(16)23/h2-9,15,18H,10-14H2,1H3. The first-order valence-electron chi connectivity index (χ1n) is 9.46. The van der Waals surface area contributed by atoms with Crippen molar-refractivity contribution in [3.63, 3.8) is 0 Å². The molecule has 0 N–H and O–H groups in total. The van der Waals surface area contributed by atoms with Gasteiger partial charge in [0.25, 0.3) is 0 Å². The lowest BCUT2D eigenvalue weighted by molar-refractivity contribution is -0.128. The number of hydrogen-bond donors (Lipinski definition) is 0. The molecule has 0 aliphatic carbocycles. The SMILES string of the molecule is CC1Cc2ccccc2N1C(=O)C1CC(=O)N(CCc2ccccc2F)C1. The molecule has 2 amide bonds. The molecule has 2 aromatic carbocycles. The van der Waals surface area contributed by atoms with Crippen LogP contribution in [-0.2, 0) is 22.4 Å². The summed E-state index contributed by atoms with van der Waals surface area (Å²) in [5, 5.41) is 0. The number of carbonyl (C=O) groups is 2. The number of para-hydroxylation sites is 1. The molecule has 2 heterocycles. The van der Waals surface area contributed by atoms with Gasteiger partial charge >= 0.3 is 0 Å². The van der Waals surface area contributed by atoms with Crippen molar-refractivity contribution >= 4 is 17.5 Å². The van der Waals surface area contributed by atoms with Crippen molar-refractivity contribution in [1.29, 1.82) is 0 Å². The Morgan fingerprint density at radius 2 is 1.85 bits per heavy atom. The monoisotopic (exact) mass is 366 g/mol. The highest BCUT2D eigenvalue weighted by molar-refractivity contribution is 6.01. The van der Waals surface area contributed by atoms with Crippen molar-refractivity contribution in [2.45, 2.75) is 32.2 Å². The van der Waals surface area contributed by atoms with Gasteiger partial charge in [-0.2, -0.15) is 0 Å². The molecule has 2 atom stereocenters. The van der Waals surface area contributed by atoms with E-state index in [1.807, 2.05) is 30.0 Å². The van der Waals surface area contributed by atoms with Crippen LogP contribution in [0.5, 0.6) is 0 Å². The average Bonchev–Trinajstić information content (AvgIpc) is 3.19. The highest BCUT2D eigenvalue weighted by atomic mass is 19.1. The maximum atomic E-state index is 13.8. The molecular weight excluding hydrogens is 343 g/mol. The molecule has 0 saturated carbocycles. The summed E-state index contributed by atoms with van der Waals surface area (Å²) < 4.78 is 13.8. The van der Waals surface area contributed by atoms with Crippen LogP contribution in [0.1, 0.15) is 24.5 Å². The van der Waals surface area contributed by atoms with Crippen LogP contribution in [0.3, 0.4) is 0 Å². The lowest BCUT2D eigenvalue weighted by atomic mass is 10.1. The topological polar surface area (TPSA) is 40.6 Å². The number of rotatable bonds is 4. The molecule has 5 heteroatoms. The van der Waals surface area contributed by atoms with Crippen LogP contribution >= 0.6 is 0 Å². The molecule has 1 fully saturated rings. The summed E-state index contributed by atoms with van der Waals surface area (Å²) in [7, 11) is 0. The summed E-state index contributed by atoms with van der Waals surface area (Å²) in [5.74, 6) is -0.579. The Labute approximate surface area is 158 Å². The first-order chi connectivity index (χ1) is 13.0. The second kappa shape index (κ2) is 7.14.